The van der Waals surface area contributed by atoms with Gasteiger partial charge in [0.2, 0.25) is 12.9 Å². The monoisotopic (exact) mass is 219 g/mol. The van der Waals surface area contributed by atoms with Crippen LogP contribution in [0.5, 0.6) is 17.2 Å². The molecular formula is C11H9NO4. The number of isocyanates is 1. The van der Waals surface area contributed by atoms with Gasteiger partial charge in [-0.15, -0.1) is 0 Å². The zero-order chi connectivity index (χ0) is 11.2. The van der Waals surface area contributed by atoms with Gasteiger partial charge in [-0.05, 0) is 25.0 Å². The average molecular weight is 219 g/mol. The van der Waals surface area contributed by atoms with Crippen molar-refractivity contribution in [3.8, 4) is 17.2 Å². The molecule has 16 heavy (non-hydrogen) atoms. The molecule has 1 heterocycles. The Kier molecular flexibility index (Phi) is 1.73. The van der Waals surface area contributed by atoms with Crippen LogP contribution in [0.25, 0.3) is 0 Å². The largest absolute Gasteiger partial charge is 0.507 e. The van der Waals surface area contributed by atoms with Crippen LogP contribution in [0.1, 0.15) is 18.4 Å². The lowest BCUT2D eigenvalue weighted by Crippen LogP contribution is -2.04. The molecule has 5 heteroatoms. The minimum absolute atomic E-state index is 0.0840. The second kappa shape index (κ2) is 3.00. The van der Waals surface area contributed by atoms with Crippen LogP contribution in [0.2, 0.25) is 0 Å². The molecule has 0 bridgehead atoms. The molecular weight excluding hydrogens is 210 g/mol. The van der Waals surface area contributed by atoms with E-state index in [4.69, 9.17) is 9.47 Å². The standard InChI is InChI=1S/C11H9NO4/c13-5-12-11(3-4-11)9-7(14)1-2-8-10(9)16-6-15-8/h1-2,14H,3-4,6H2. The SMILES string of the molecule is O=C=NC1(c2c(O)ccc3c2OCO3)CC1. The smallest absolute Gasteiger partial charge is 0.235 e. The molecule has 1 fully saturated rings. The predicted octanol–water partition coefficient (Wildman–Crippen LogP) is 1.45. The first kappa shape index (κ1) is 9.24. The molecule has 1 N–H and O–H groups in total. The lowest BCUT2D eigenvalue weighted by atomic mass is 10.0. The summed E-state index contributed by atoms with van der Waals surface area (Å²) in [4.78, 5) is 14.2. The summed E-state index contributed by atoms with van der Waals surface area (Å²) >= 11 is 0. The van der Waals surface area contributed by atoms with E-state index in [2.05, 4.69) is 4.99 Å². The maximum atomic E-state index is 10.4. The molecule has 1 aliphatic carbocycles. The van der Waals surface area contributed by atoms with Crippen LogP contribution in [0.4, 0.5) is 0 Å². The first-order chi connectivity index (χ1) is 7.77. The Morgan fingerprint density at radius 3 is 2.88 bits per heavy atom. The number of hydrogen-bond acceptors (Lipinski definition) is 5. The quantitative estimate of drug-likeness (QED) is 0.603. The molecule has 3 rings (SSSR count). The summed E-state index contributed by atoms with van der Waals surface area (Å²) < 4.78 is 10.5. The van der Waals surface area contributed by atoms with Crippen LogP contribution >= 0.6 is 0 Å². The maximum absolute atomic E-state index is 10.4. The summed E-state index contributed by atoms with van der Waals surface area (Å²) in [5, 5.41) is 9.85. The molecule has 1 saturated carbocycles. The third-order valence-corrected chi connectivity index (χ3v) is 2.97. The zero-order valence-electron chi connectivity index (χ0n) is 8.40. The normalized spacial score (nSPS) is 19.0. The van der Waals surface area contributed by atoms with Crippen LogP contribution < -0.4 is 9.47 Å². The Bertz CT molecular complexity index is 501. The van der Waals surface area contributed by atoms with Crippen molar-refractivity contribution in [2.24, 2.45) is 4.99 Å². The molecule has 0 unspecified atom stereocenters. The molecule has 0 aromatic heterocycles. The Morgan fingerprint density at radius 1 is 1.38 bits per heavy atom. The molecule has 0 amide bonds. The zero-order valence-corrected chi connectivity index (χ0v) is 8.40. The number of nitrogens with zero attached hydrogens (tertiary/aromatic N) is 1. The number of aromatic hydroxyl groups is 1. The summed E-state index contributed by atoms with van der Waals surface area (Å²) in [7, 11) is 0. The number of carbonyl (C=O) groups excluding carboxylic acids is 1. The van der Waals surface area contributed by atoms with E-state index in [0.29, 0.717) is 17.1 Å². The number of phenolic OH excluding ortho intramolecular Hbond substituents is 1. The van der Waals surface area contributed by atoms with E-state index in [0.717, 1.165) is 12.8 Å². The molecule has 1 aromatic carbocycles. The summed E-state index contributed by atoms with van der Waals surface area (Å²) in [6.45, 7) is 0.132. The van der Waals surface area contributed by atoms with Crippen LogP contribution in [0.3, 0.4) is 0 Å². The van der Waals surface area contributed by atoms with Crippen LogP contribution in [-0.2, 0) is 10.3 Å². The Morgan fingerprint density at radius 2 is 2.19 bits per heavy atom. The molecule has 1 aromatic rings. The van der Waals surface area contributed by atoms with E-state index >= 15 is 0 Å². The highest BCUT2D eigenvalue weighted by Crippen LogP contribution is 2.58. The van der Waals surface area contributed by atoms with Crippen molar-refractivity contribution in [1.29, 1.82) is 0 Å². The van der Waals surface area contributed by atoms with Gasteiger partial charge in [0.15, 0.2) is 11.5 Å². The highest BCUT2D eigenvalue weighted by molar-refractivity contribution is 5.60. The Hall–Kier alpha value is -2.00. The first-order valence-electron chi connectivity index (χ1n) is 4.98. The van der Waals surface area contributed by atoms with Crippen molar-refractivity contribution < 1.29 is 19.4 Å². The van der Waals surface area contributed by atoms with Gasteiger partial charge in [0.05, 0.1) is 5.56 Å². The highest BCUT2D eigenvalue weighted by Gasteiger charge is 2.50. The van der Waals surface area contributed by atoms with E-state index < -0.39 is 5.54 Å². The molecule has 82 valence electrons. The molecule has 0 spiro atoms. The van der Waals surface area contributed by atoms with Crippen molar-refractivity contribution in [1.82, 2.24) is 0 Å². The predicted molar refractivity (Wildman–Crippen MR) is 53.3 cm³/mol. The van der Waals surface area contributed by atoms with Gasteiger partial charge in [-0.25, -0.2) is 4.79 Å². The number of ether oxygens (including phenoxy) is 2. The van der Waals surface area contributed by atoms with Crippen molar-refractivity contribution >= 4 is 6.08 Å². The van der Waals surface area contributed by atoms with E-state index in [1.54, 1.807) is 12.1 Å². The third kappa shape index (κ3) is 1.12. The summed E-state index contributed by atoms with van der Waals surface area (Å²) in [6, 6.07) is 3.17. The van der Waals surface area contributed by atoms with E-state index in [-0.39, 0.29) is 12.5 Å². The number of benzene rings is 1. The van der Waals surface area contributed by atoms with E-state index in [1.807, 2.05) is 0 Å². The van der Waals surface area contributed by atoms with Crippen LogP contribution in [0, 0.1) is 0 Å². The van der Waals surface area contributed by atoms with Crippen molar-refractivity contribution in [2.75, 3.05) is 6.79 Å². The fraction of sp³-hybridized carbons (Fsp3) is 0.364. The summed E-state index contributed by atoms with van der Waals surface area (Å²) in [5.41, 5.74) is -0.101. The first-order valence-corrected chi connectivity index (χ1v) is 4.98. The van der Waals surface area contributed by atoms with Gasteiger partial charge in [-0.1, -0.05) is 0 Å². The van der Waals surface area contributed by atoms with Gasteiger partial charge in [0.1, 0.15) is 11.3 Å². The maximum Gasteiger partial charge on any atom is 0.235 e. The summed E-state index contributed by atoms with van der Waals surface area (Å²) in [6.07, 6.45) is 2.99. The van der Waals surface area contributed by atoms with E-state index in [1.165, 1.54) is 6.07 Å². The lowest BCUT2D eigenvalue weighted by Gasteiger charge is -2.12. The van der Waals surface area contributed by atoms with Crippen molar-refractivity contribution in [3.05, 3.63) is 17.7 Å². The average Bonchev–Trinajstić information content (AvgIpc) is 2.89. The van der Waals surface area contributed by atoms with Gasteiger partial charge >= 0.3 is 0 Å². The molecule has 1 aliphatic heterocycles. The number of rotatable bonds is 2. The Balaban J connectivity index is 2.20. The number of hydrogen-bond donors (Lipinski definition) is 1. The summed E-state index contributed by atoms with van der Waals surface area (Å²) in [5.74, 6) is 1.16. The minimum atomic E-state index is -0.648. The van der Waals surface area contributed by atoms with Gasteiger partial charge in [0.25, 0.3) is 0 Å². The van der Waals surface area contributed by atoms with E-state index in [9.17, 15) is 9.90 Å². The topological polar surface area (TPSA) is 68.1 Å². The molecule has 0 saturated heterocycles. The highest BCUT2D eigenvalue weighted by atomic mass is 16.7. The number of phenols is 1. The number of aliphatic imine (C=N–C) groups is 1. The van der Waals surface area contributed by atoms with Crippen molar-refractivity contribution in [2.45, 2.75) is 18.4 Å². The van der Waals surface area contributed by atoms with Gasteiger partial charge < -0.3 is 14.6 Å². The van der Waals surface area contributed by atoms with Gasteiger partial charge in [0, 0.05) is 0 Å². The number of fused-ring (bicyclic) bond motifs is 1. The van der Waals surface area contributed by atoms with Gasteiger partial charge in [-0.3, -0.25) is 0 Å². The fourth-order valence-corrected chi connectivity index (χ4v) is 2.04. The minimum Gasteiger partial charge on any atom is -0.507 e. The molecule has 0 atom stereocenters. The lowest BCUT2D eigenvalue weighted by molar-refractivity contribution is 0.172. The second-order valence-electron chi connectivity index (χ2n) is 3.93. The molecule has 0 radical (unpaired) electrons. The second-order valence-corrected chi connectivity index (χ2v) is 3.93. The van der Waals surface area contributed by atoms with Gasteiger partial charge in [-0.2, -0.15) is 4.99 Å². The molecule has 5 nitrogen and oxygen atoms in total. The fourth-order valence-electron chi connectivity index (χ4n) is 2.04. The van der Waals surface area contributed by atoms with Crippen molar-refractivity contribution in [3.63, 3.8) is 0 Å². The Labute approximate surface area is 91.3 Å². The third-order valence-electron chi connectivity index (χ3n) is 2.97. The molecule has 2 aliphatic rings. The van der Waals surface area contributed by atoms with Crippen LogP contribution in [-0.4, -0.2) is 18.0 Å². The van der Waals surface area contributed by atoms with Crippen LogP contribution in [0.15, 0.2) is 17.1 Å².